The summed E-state index contributed by atoms with van der Waals surface area (Å²) in [6.07, 6.45) is 5.60. The van der Waals surface area contributed by atoms with E-state index in [2.05, 4.69) is 22.6 Å². The lowest BCUT2D eigenvalue weighted by molar-refractivity contribution is 0.0693. The Morgan fingerprint density at radius 3 is 2.37 bits per heavy atom. The van der Waals surface area contributed by atoms with Crippen LogP contribution in [0, 0.1) is 5.92 Å². The summed E-state index contributed by atoms with van der Waals surface area (Å²) < 4.78 is 34.6. The summed E-state index contributed by atoms with van der Waals surface area (Å²) in [5.41, 5.74) is 2.39. The number of amides is 1. The molecule has 190 valence electrons. The molecule has 0 unspecified atom stereocenters. The van der Waals surface area contributed by atoms with Gasteiger partial charge in [0, 0.05) is 26.2 Å². The first-order chi connectivity index (χ1) is 16.9. The molecule has 4 rings (SSSR count). The van der Waals surface area contributed by atoms with E-state index >= 15 is 0 Å². The molecular formula is C27H37N3O4S. The number of likely N-dealkylation sites (tertiary alicyclic amines) is 2. The van der Waals surface area contributed by atoms with E-state index in [4.69, 9.17) is 4.74 Å². The number of nitrogens with one attached hydrogen (secondary N) is 1. The molecule has 0 saturated carbocycles. The monoisotopic (exact) mass is 499 g/mol. The Balaban J connectivity index is 1.49. The molecule has 0 aromatic heterocycles. The zero-order valence-electron chi connectivity index (χ0n) is 20.8. The molecule has 0 spiro atoms. The van der Waals surface area contributed by atoms with Gasteiger partial charge in [-0.2, -0.15) is 0 Å². The van der Waals surface area contributed by atoms with Crippen LogP contribution in [0.2, 0.25) is 0 Å². The summed E-state index contributed by atoms with van der Waals surface area (Å²) in [5.74, 6) is 0.798. The van der Waals surface area contributed by atoms with Crippen LogP contribution in [0.4, 0.5) is 0 Å². The first-order valence-electron chi connectivity index (χ1n) is 12.6. The van der Waals surface area contributed by atoms with Crippen LogP contribution in [0.15, 0.2) is 47.4 Å². The van der Waals surface area contributed by atoms with E-state index in [0.29, 0.717) is 24.8 Å². The number of ether oxygens (including phenoxy) is 1. The van der Waals surface area contributed by atoms with Gasteiger partial charge in [0.2, 0.25) is 10.0 Å². The minimum Gasteiger partial charge on any atom is -0.496 e. The van der Waals surface area contributed by atoms with Crippen LogP contribution >= 0.6 is 0 Å². The molecule has 0 radical (unpaired) electrons. The highest BCUT2D eigenvalue weighted by Gasteiger charge is 2.26. The lowest BCUT2D eigenvalue weighted by Crippen LogP contribution is -2.38. The molecule has 2 heterocycles. The van der Waals surface area contributed by atoms with Gasteiger partial charge in [-0.1, -0.05) is 37.6 Å². The van der Waals surface area contributed by atoms with Crippen molar-refractivity contribution in [2.75, 3.05) is 33.3 Å². The largest absolute Gasteiger partial charge is 0.496 e. The standard InChI is InChI=1S/C27H37N3O4S/c1-21-12-16-30(17-13-21)27(31)25-18-24(10-11-26(25)34-2)35(32,33)28-19-22-8-4-5-9-23(22)20-29-14-6-3-7-15-29/h4-5,8-11,18,21,28H,3,6-7,12-17,19-20H2,1-2H3. The molecule has 2 fully saturated rings. The quantitative estimate of drug-likeness (QED) is 0.593. The van der Waals surface area contributed by atoms with Crippen molar-refractivity contribution >= 4 is 15.9 Å². The summed E-state index contributed by atoms with van der Waals surface area (Å²) in [6.45, 7) is 6.72. The lowest BCUT2D eigenvalue weighted by atomic mass is 9.98. The number of hydrogen-bond donors (Lipinski definition) is 1. The molecule has 2 saturated heterocycles. The van der Waals surface area contributed by atoms with E-state index < -0.39 is 10.0 Å². The molecule has 2 aromatic rings. The van der Waals surface area contributed by atoms with E-state index in [1.807, 2.05) is 18.2 Å². The van der Waals surface area contributed by atoms with Crippen molar-refractivity contribution in [3.8, 4) is 5.75 Å². The molecule has 0 atom stereocenters. The van der Waals surface area contributed by atoms with Gasteiger partial charge in [0.1, 0.15) is 5.75 Å². The Hall–Kier alpha value is -2.42. The van der Waals surface area contributed by atoms with Crippen molar-refractivity contribution in [2.24, 2.45) is 5.92 Å². The smallest absolute Gasteiger partial charge is 0.257 e. The summed E-state index contributed by atoms with van der Waals surface area (Å²) in [5, 5.41) is 0. The topological polar surface area (TPSA) is 79.0 Å². The van der Waals surface area contributed by atoms with E-state index in [1.54, 1.807) is 11.0 Å². The highest BCUT2D eigenvalue weighted by molar-refractivity contribution is 7.89. The molecule has 0 aliphatic carbocycles. The molecule has 2 aliphatic rings. The number of nitrogens with zero attached hydrogens (tertiary/aromatic N) is 2. The number of piperidine rings is 2. The molecule has 1 amide bonds. The number of methoxy groups -OCH3 is 1. The third-order valence-electron chi connectivity index (χ3n) is 7.20. The van der Waals surface area contributed by atoms with Gasteiger partial charge in [-0.25, -0.2) is 13.1 Å². The van der Waals surface area contributed by atoms with Gasteiger partial charge in [-0.15, -0.1) is 0 Å². The fourth-order valence-corrected chi connectivity index (χ4v) is 5.93. The number of carbonyl (C=O) groups excluding carboxylic acids is 1. The second-order valence-electron chi connectivity index (χ2n) is 9.77. The molecule has 7 nitrogen and oxygen atoms in total. The van der Waals surface area contributed by atoms with E-state index in [-0.39, 0.29) is 22.9 Å². The number of rotatable bonds is 8. The number of benzene rings is 2. The van der Waals surface area contributed by atoms with Gasteiger partial charge in [-0.05, 0) is 74.0 Å². The molecule has 8 heteroatoms. The molecular weight excluding hydrogens is 462 g/mol. The Morgan fingerprint density at radius 1 is 1.00 bits per heavy atom. The minimum atomic E-state index is -3.82. The van der Waals surface area contributed by atoms with E-state index in [1.165, 1.54) is 38.5 Å². The normalized spacial score (nSPS) is 17.9. The second-order valence-corrected chi connectivity index (χ2v) is 11.5. The SMILES string of the molecule is COc1ccc(S(=O)(=O)NCc2ccccc2CN2CCCCC2)cc1C(=O)N1CCC(C)CC1. The van der Waals surface area contributed by atoms with Gasteiger partial charge in [-0.3, -0.25) is 9.69 Å². The van der Waals surface area contributed by atoms with Crippen LogP contribution in [-0.4, -0.2) is 57.4 Å². The number of hydrogen-bond acceptors (Lipinski definition) is 5. The Labute approximate surface area is 209 Å². The molecule has 1 N–H and O–H groups in total. The molecule has 35 heavy (non-hydrogen) atoms. The van der Waals surface area contributed by atoms with Crippen molar-refractivity contribution < 1.29 is 17.9 Å². The fourth-order valence-electron chi connectivity index (χ4n) is 4.90. The van der Waals surface area contributed by atoms with Crippen molar-refractivity contribution in [1.29, 1.82) is 0 Å². The van der Waals surface area contributed by atoms with Gasteiger partial charge in [0.05, 0.1) is 17.6 Å². The van der Waals surface area contributed by atoms with Gasteiger partial charge in [0.15, 0.2) is 0 Å². The Morgan fingerprint density at radius 2 is 1.69 bits per heavy atom. The molecule has 2 aromatic carbocycles. The summed E-state index contributed by atoms with van der Waals surface area (Å²) >= 11 is 0. The summed E-state index contributed by atoms with van der Waals surface area (Å²) in [6, 6.07) is 12.5. The maximum absolute atomic E-state index is 13.2. The van der Waals surface area contributed by atoms with E-state index in [0.717, 1.165) is 43.6 Å². The maximum Gasteiger partial charge on any atom is 0.257 e. The third kappa shape index (κ3) is 6.42. The van der Waals surface area contributed by atoms with Crippen LogP contribution < -0.4 is 9.46 Å². The second kappa shape index (κ2) is 11.5. The highest BCUT2D eigenvalue weighted by Crippen LogP contribution is 2.26. The summed E-state index contributed by atoms with van der Waals surface area (Å²) in [4.78, 5) is 17.5. The Bertz CT molecular complexity index is 1120. The predicted octanol–water partition coefficient (Wildman–Crippen LogP) is 4.03. The van der Waals surface area contributed by atoms with Crippen LogP contribution in [0.3, 0.4) is 0 Å². The Kier molecular flexibility index (Phi) is 8.46. The van der Waals surface area contributed by atoms with Crippen LogP contribution in [0.5, 0.6) is 5.75 Å². The highest BCUT2D eigenvalue weighted by atomic mass is 32.2. The predicted molar refractivity (Wildman–Crippen MR) is 137 cm³/mol. The average Bonchev–Trinajstić information content (AvgIpc) is 2.88. The van der Waals surface area contributed by atoms with Gasteiger partial charge < -0.3 is 9.64 Å². The first kappa shape index (κ1) is 25.7. The maximum atomic E-state index is 13.2. The minimum absolute atomic E-state index is 0.0699. The lowest BCUT2D eigenvalue weighted by Gasteiger charge is -2.30. The van der Waals surface area contributed by atoms with Crippen molar-refractivity contribution in [2.45, 2.75) is 57.0 Å². The number of carbonyl (C=O) groups is 1. The molecule has 0 bridgehead atoms. The average molecular weight is 500 g/mol. The first-order valence-corrected chi connectivity index (χ1v) is 14.1. The fraction of sp³-hybridized carbons (Fsp3) is 0.519. The van der Waals surface area contributed by atoms with Crippen molar-refractivity contribution in [3.05, 3.63) is 59.2 Å². The van der Waals surface area contributed by atoms with Gasteiger partial charge in [0.25, 0.3) is 5.91 Å². The van der Waals surface area contributed by atoms with Crippen LogP contribution in [-0.2, 0) is 23.1 Å². The zero-order chi connectivity index (χ0) is 24.8. The van der Waals surface area contributed by atoms with Crippen LogP contribution in [0.25, 0.3) is 0 Å². The van der Waals surface area contributed by atoms with Crippen LogP contribution in [0.1, 0.15) is 60.5 Å². The molecule has 2 aliphatic heterocycles. The third-order valence-corrected chi connectivity index (χ3v) is 8.60. The summed E-state index contributed by atoms with van der Waals surface area (Å²) in [7, 11) is -2.32. The van der Waals surface area contributed by atoms with E-state index in [9.17, 15) is 13.2 Å². The van der Waals surface area contributed by atoms with Crippen molar-refractivity contribution in [1.82, 2.24) is 14.5 Å². The van der Waals surface area contributed by atoms with Crippen molar-refractivity contribution in [3.63, 3.8) is 0 Å². The van der Waals surface area contributed by atoms with Gasteiger partial charge >= 0.3 is 0 Å². The number of sulfonamides is 1. The zero-order valence-corrected chi connectivity index (χ0v) is 21.6.